The molecule has 27 heavy (non-hydrogen) atoms. The van der Waals surface area contributed by atoms with E-state index in [1.165, 1.54) is 11.3 Å². The number of sulfonamides is 1. The molecule has 0 atom stereocenters. The molecule has 0 saturated carbocycles. The summed E-state index contributed by atoms with van der Waals surface area (Å²) in [6.45, 7) is 0.244. The molecule has 0 spiro atoms. The van der Waals surface area contributed by atoms with E-state index in [4.69, 9.17) is 4.42 Å². The lowest BCUT2D eigenvalue weighted by Gasteiger charge is -2.29. The molecule has 1 aliphatic rings. The topological polar surface area (TPSA) is 76.3 Å². The average molecular weight is 411 g/mol. The van der Waals surface area contributed by atoms with Gasteiger partial charge in [-0.05, 0) is 36.4 Å². The standard InChI is InChI=1S/C17H15F2N3O3S2/c18-13-2-1-3-14(19)15(13)27(23,24)22-7-4-11(5-8-22)16-20-21-17(25-16)12-6-9-26-10-12/h1-3,6,9-11H,4-5,7-8H2. The summed E-state index contributed by atoms with van der Waals surface area (Å²) in [5.41, 5.74) is 0.841. The Hall–Kier alpha value is -2.17. The summed E-state index contributed by atoms with van der Waals surface area (Å²) in [5.74, 6) is -1.40. The molecule has 1 aromatic carbocycles. The van der Waals surface area contributed by atoms with E-state index < -0.39 is 26.6 Å². The van der Waals surface area contributed by atoms with Crippen molar-refractivity contribution in [2.75, 3.05) is 13.1 Å². The zero-order valence-electron chi connectivity index (χ0n) is 14.0. The molecular weight excluding hydrogens is 396 g/mol. The number of halogens is 2. The Bertz CT molecular complexity index is 1020. The van der Waals surface area contributed by atoms with Crippen molar-refractivity contribution in [3.05, 3.63) is 52.6 Å². The molecule has 142 valence electrons. The minimum Gasteiger partial charge on any atom is -0.420 e. The van der Waals surface area contributed by atoms with Gasteiger partial charge in [-0.1, -0.05) is 6.07 Å². The lowest BCUT2D eigenvalue weighted by Crippen LogP contribution is -2.38. The first kappa shape index (κ1) is 18.2. The van der Waals surface area contributed by atoms with Gasteiger partial charge in [0, 0.05) is 30.0 Å². The number of thiophene rings is 1. The minimum absolute atomic E-state index is 0.0956. The Labute approximate surface area is 158 Å². The van der Waals surface area contributed by atoms with Crippen LogP contribution in [0.5, 0.6) is 0 Å². The van der Waals surface area contributed by atoms with Crippen molar-refractivity contribution in [3.63, 3.8) is 0 Å². The third-order valence-corrected chi connectivity index (χ3v) is 7.16. The first-order chi connectivity index (χ1) is 13.0. The van der Waals surface area contributed by atoms with Gasteiger partial charge in [-0.2, -0.15) is 15.6 Å². The van der Waals surface area contributed by atoms with Crippen LogP contribution in [0.3, 0.4) is 0 Å². The summed E-state index contributed by atoms with van der Waals surface area (Å²) in [4.78, 5) is -0.902. The fourth-order valence-electron chi connectivity index (χ4n) is 3.10. The van der Waals surface area contributed by atoms with Crippen LogP contribution >= 0.6 is 11.3 Å². The summed E-state index contributed by atoms with van der Waals surface area (Å²) < 4.78 is 59.9. The molecule has 6 nitrogen and oxygen atoms in total. The number of aromatic nitrogens is 2. The molecule has 0 amide bonds. The molecule has 0 N–H and O–H groups in total. The molecule has 0 aliphatic carbocycles. The first-order valence-electron chi connectivity index (χ1n) is 8.27. The Morgan fingerprint density at radius 3 is 2.44 bits per heavy atom. The smallest absolute Gasteiger partial charge is 0.248 e. The highest BCUT2D eigenvalue weighted by Crippen LogP contribution is 2.32. The van der Waals surface area contributed by atoms with Gasteiger partial charge in [0.1, 0.15) is 11.6 Å². The number of benzene rings is 1. The van der Waals surface area contributed by atoms with Gasteiger partial charge in [-0.3, -0.25) is 0 Å². The van der Waals surface area contributed by atoms with Crippen LogP contribution in [0.15, 0.2) is 44.3 Å². The zero-order chi connectivity index (χ0) is 19.0. The van der Waals surface area contributed by atoms with E-state index in [1.54, 1.807) is 0 Å². The van der Waals surface area contributed by atoms with Crippen LogP contribution < -0.4 is 0 Å². The van der Waals surface area contributed by atoms with Crippen molar-refractivity contribution in [2.24, 2.45) is 0 Å². The molecule has 3 heterocycles. The molecule has 3 aromatic rings. The summed E-state index contributed by atoms with van der Waals surface area (Å²) >= 11 is 1.52. The van der Waals surface area contributed by atoms with Crippen LogP contribution in [0.4, 0.5) is 8.78 Å². The second-order valence-corrected chi connectivity index (χ2v) is 8.84. The summed E-state index contributed by atoms with van der Waals surface area (Å²) in [6.07, 6.45) is 0.862. The molecule has 0 radical (unpaired) electrons. The van der Waals surface area contributed by atoms with Crippen LogP contribution in [-0.4, -0.2) is 36.0 Å². The van der Waals surface area contributed by atoms with Crippen molar-refractivity contribution in [1.82, 2.24) is 14.5 Å². The predicted molar refractivity (Wildman–Crippen MR) is 94.7 cm³/mol. The van der Waals surface area contributed by atoms with Gasteiger partial charge < -0.3 is 4.42 Å². The van der Waals surface area contributed by atoms with Crippen LogP contribution in [0.25, 0.3) is 11.5 Å². The molecular formula is C17H15F2N3O3S2. The third-order valence-electron chi connectivity index (χ3n) is 4.53. The number of hydrogen-bond acceptors (Lipinski definition) is 6. The van der Waals surface area contributed by atoms with E-state index in [0.29, 0.717) is 24.6 Å². The number of piperidine rings is 1. The highest BCUT2D eigenvalue weighted by atomic mass is 32.2. The highest BCUT2D eigenvalue weighted by molar-refractivity contribution is 7.89. The molecule has 1 saturated heterocycles. The largest absolute Gasteiger partial charge is 0.420 e. The van der Waals surface area contributed by atoms with E-state index in [2.05, 4.69) is 10.2 Å². The average Bonchev–Trinajstić information content (AvgIpc) is 3.33. The number of rotatable bonds is 4. The van der Waals surface area contributed by atoms with Crippen LogP contribution in [0, 0.1) is 11.6 Å². The van der Waals surface area contributed by atoms with Gasteiger partial charge in [-0.15, -0.1) is 10.2 Å². The van der Waals surface area contributed by atoms with Gasteiger partial charge in [-0.25, -0.2) is 17.2 Å². The maximum atomic E-state index is 13.9. The van der Waals surface area contributed by atoms with E-state index in [-0.39, 0.29) is 19.0 Å². The fourth-order valence-corrected chi connectivity index (χ4v) is 5.31. The Kier molecular flexibility index (Phi) is 4.79. The van der Waals surface area contributed by atoms with Crippen molar-refractivity contribution >= 4 is 21.4 Å². The summed E-state index contributed by atoms with van der Waals surface area (Å²) in [5, 5.41) is 11.9. The highest BCUT2D eigenvalue weighted by Gasteiger charge is 2.35. The molecule has 0 bridgehead atoms. The molecule has 4 rings (SSSR count). The molecule has 1 fully saturated rings. The molecule has 10 heteroatoms. The summed E-state index contributed by atoms with van der Waals surface area (Å²) in [7, 11) is -4.24. The number of nitrogens with zero attached hydrogens (tertiary/aromatic N) is 3. The van der Waals surface area contributed by atoms with Gasteiger partial charge in [0.15, 0.2) is 4.90 Å². The van der Waals surface area contributed by atoms with Gasteiger partial charge in [0.2, 0.25) is 21.8 Å². The Morgan fingerprint density at radius 1 is 1.11 bits per heavy atom. The normalized spacial score (nSPS) is 16.7. The molecule has 2 aromatic heterocycles. The maximum absolute atomic E-state index is 13.9. The van der Waals surface area contributed by atoms with Crippen LogP contribution in [0.1, 0.15) is 24.7 Å². The Balaban J connectivity index is 1.49. The maximum Gasteiger partial charge on any atom is 0.248 e. The van der Waals surface area contributed by atoms with Crippen molar-refractivity contribution in [1.29, 1.82) is 0 Å². The van der Waals surface area contributed by atoms with E-state index >= 15 is 0 Å². The second kappa shape index (κ2) is 7.10. The SMILES string of the molecule is O=S(=O)(c1c(F)cccc1F)N1CCC(c2nnc(-c3ccsc3)o2)CC1. The monoisotopic (exact) mass is 411 g/mol. The second-order valence-electron chi connectivity index (χ2n) is 6.19. The lowest BCUT2D eigenvalue weighted by molar-refractivity contribution is 0.289. The lowest BCUT2D eigenvalue weighted by atomic mass is 9.98. The van der Waals surface area contributed by atoms with Gasteiger partial charge >= 0.3 is 0 Å². The van der Waals surface area contributed by atoms with Gasteiger partial charge in [0.05, 0.1) is 0 Å². The van der Waals surface area contributed by atoms with Crippen LogP contribution in [-0.2, 0) is 10.0 Å². The van der Waals surface area contributed by atoms with Crippen molar-refractivity contribution < 1.29 is 21.6 Å². The minimum atomic E-state index is -4.24. The van der Waals surface area contributed by atoms with Crippen molar-refractivity contribution in [3.8, 4) is 11.5 Å². The van der Waals surface area contributed by atoms with Crippen molar-refractivity contribution in [2.45, 2.75) is 23.7 Å². The quantitative estimate of drug-likeness (QED) is 0.655. The third kappa shape index (κ3) is 3.40. The van der Waals surface area contributed by atoms with Crippen LogP contribution in [0.2, 0.25) is 0 Å². The summed E-state index contributed by atoms with van der Waals surface area (Å²) in [6, 6.07) is 4.89. The zero-order valence-corrected chi connectivity index (χ0v) is 15.6. The van der Waals surface area contributed by atoms with E-state index in [0.717, 1.165) is 28.1 Å². The molecule has 0 unspecified atom stereocenters. The first-order valence-corrected chi connectivity index (χ1v) is 10.7. The fraction of sp³-hybridized carbons (Fsp3) is 0.294. The van der Waals surface area contributed by atoms with E-state index in [1.807, 2.05) is 16.8 Å². The van der Waals surface area contributed by atoms with E-state index in [9.17, 15) is 17.2 Å². The predicted octanol–water partition coefficient (Wildman–Crippen LogP) is 3.64. The van der Waals surface area contributed by atoms with Gasteiger partial charge in [0.25, 0.3) is 0 Å². The Morgan fingerprint density at radius 2 is 1.81 bits per heavy atom. The molecule has 1 aliphatic heterocycles. The number of hydrogen-bond donors (Lipinski definition) is 0.